The fourth-order valence-corrected chi connectivity index (χ4v) is 2.28. The van der Waals surface area contributed by atoms with Crippen LogP contribution in [0.25, 0.3) is 0 Å². The van der Waals surface area contributed by atoms with Gasteiger partial charge in [-0.2, -0.15) is 0 Å². The molecule has 0 aliphatic rings. The minimum Gasteiger partial charge on any atom is -0.488 e. The van der Waals surface area contributed by atoms with Crippen molar-refractivity contribution in [2.24, 2.45) is 5.73 Å². The zero-order chi connectivity index (χ0) is 13.8. The number of rotatable bonds is 4. The van der Waals surface area contributed by atoms with Crippen LogP contribution in [0.1, 0.15) is 16.7 Å². The van der Waals surface area contributed by atoms with Gasteiger partial charge in [0.25, 0.3) is 0 Å². The van der Waals surface area contributed by atoms with Crippen LogP contribution in [0.2, 0.25) is 0 Å². The van der Waals surface area contributed by atoms with Crippen LogP contribution in [0.3, 0.4) is 0 Å². The summed E-state index contributed by atoms with van der Waals surface area (Å²) in [5, 5.41) is 0. The van der Waals surface area contributed by atoms with E-state index in [-0.39, 0.29) is 5.82 Å². The number of hydrogen-bond donors (Lipinski definition) is 1. The maximum atomic E-state index is 13.2. The first-order chi connectivity index (χ1) is 9.10. The molecule has 2 aromatic rings. The fourth-order valence-electron chi connectivity index (χ4n) is 1.74. The monoisotopic (exact) mass is 323 g/mol. The van der Waals surface area contributed by atoms with Gasteiger partial charge in [0, 0.05) is 6.54 Å². The number of halogens is 2. The van der Waals surface area contributed by atoms with Crippen molar-refractivity contribution < 1.29 is 9.13 Å². The van der Waals surface area contributed by atoms with Gasteiger partial charge in [-0.05, 0) is 63.8 Å². The Hall–Kier alpha value is -1.39. The highest BCUT2D eigenvalue weighted by atomic mass is 79.9. The van der Waals surface area contributed by atoms with Crippen LogP contribution >= 0.6 is 15.9 Å². The Labute approximate surface area is 120 Å². The molecular weight excluding hydrogens is 309 g/mol. The molecule has 0 saturated heterocycles. The average molecular weight is 324 g/mol. The normalized spacial score (nSPS) is 10.5. The molecule has 0 unspecified atom stereocenters. The van der Waals surface area contributed by atoms with Crippen LogP contribution in [-0.4, -0.2) is 0 Å². The number of nitrogens with two attached hydrogens (primary N) is 1. The lowest BCUT2D eigenvalue weighted by Gasteiger charge is -2.11. The van der Waals surface area contributed by atoms with Crippen molar-refractivity contribution in [2.75, 3.05) is 0 Å². The third kappa shape index (κ3) is 3.55. The Morgan fingerprint density at radius 2 is 2.00 bits per heavy atom. The van der Waals surface area contributed by atoms with Crippen molar-refractivity contribution in [2.45, 2.75) is 20.1 Å². The highest BCUT2D eigenvalue weighted by Gasteiger charge is 2.05. The van der Waals surface area contributed by atoms with Crippen LogP contribution in [0, 0.1) is 12.7 Å². The van der Waals surface area contributed by atoms with Crippen molar-refractivity contribution >= 4 is 15.9 Å². The van der Waals surface area contributed by atoms with Gasteiger partial charge in [0.2, 0.25) is 0 Å². The van der Waals surface area contributed by atoms with Crippen molar-refractivity contribution in [1.29, 1.82) is 0 Å². The molecule has 0 radical (unpaired) electrons. The second-order valence-electron chi connectivity index (χ2n) is 4.33. The highest BCUT2D eigenvalue weighted by Crippen LogP contribution is 2.27. The first kappa shape index (κ1) is 14.0. The van der Waals surface area contributed by atoms with Crippen LogP contribution in [0.15, 0.2) is 40.9 Å². The van der Waals surface area contributed by atoms with E-state index in [4.69, 9.17) is 10.5 Å². The molecular formula is C15H15BrFNO. The highest BCUT2D eigenvalue weighted by molar-refractivity contribution is 9.10. The van der Waals surface area contributed by atoms with Gasteiger partial charge >= 0.3 is 0 Å². The molecule has 0 saturated carbocycles. The summed E-state index contributed by atoms with van der Waals surface area (Å²) >= 11 is 3.44. The molecule has 2 nitrogen and oxygen atoms in total. The summed E-state index contributed by atoms with van der Waals surface area (Å²) in [6.07, 6.45) is 0. The van der Waals surface area contributed by atoms with Crippen molar-refractivity contribution in [3.63, 3.8) is 0 Å². The summed E-state index contributed by atoms with van der Waals surface area (Å²) in [5.41, 5.74) is 8.45. The van der Waals surface area contributed by atoms with E-state index in [0.717, 1.165) is 26.9 Å². The maximum absolute atomic E-state index is 13.2. The van der Waals surface area contributed by atoms with Crippen molar-refractivity contribution in [3.8, 4) is 5.75 Å². The summed E-state index contributed by atoms with van der Waals surface area (Å²) in [6, 6.07) is 10.4. The number of ether oxygens (including phenoxy) is 1. The van der Waals surface area contributed by atoms with Gasteiger partial charge in [0.15, 0.2) is 0 Å². The van der Waals surface area contributed by atoms with Gasteiger partial charge in [-0.3, -0.25) is 0 Å². The summed E-state index contributed by atoms with van der Waals surface area (Å²) in [5.74, 6) is 0.475. The van der Waals surface area contributed by atoms with E-state index >= 15 is 0 Å². The molecule has 4 heteroatoms. The summed E-state index contributed by atoms with van der Waals surface area (Å²) in [4.78, 5) is 0. The molecule has 0 heterocycles. The van der Waals surface area contributed by atoms with Crippen molar-refractivity contribution in [1.82, 2.24) is 0 Å². The lowest BCUT2D eigenvalue weighted by atomic mass is 10.1. The molecule has 2 N–H and O–H groups in total. The lowest BCUT2D eigenvalue weighted by Crippen LogP contribution is -2.00. The van der Waals surface area contributed by atoms with Crippen LogP contribution in [-0.2, 0) is 13.2 Å². The van der Waals surface area contributed by atoms with Gasteiger partial charge in [-0.15, -0.1) is 0 Å². The maximum Gasteiger partial charge on any atom is 0.134 e. The molecule has 0 bridgehead atoms. The first-order valence-electron chi connectivity index (χ1n) is 5.96. The largest absolute Gasteiger partial charge is 0.488 e. The minimum absolute atomic E-state index is 0.248. The Kier molecular flexibility index (Phi) is 4.56. The van der Waals surface area contributed by atoms with Crippen LogP contribution in [0.5, 0.6) is 5.75 Å². The first-order valence-corrected chi connectivity index (χ1v) is 6.76. The molecule has 0 fully saturated rings. The fraction of sp³-hybridized carbons (Fsp3) is 0.200. The van der Waals surface area contributed by atoms with E-state index in [2.05, 4.69) is 15.9 Å². The topological polar surface area (TPSA) is 35.2 Å². The molecule has 2 rings (SSSR count). The van der Waals surface area contributed by atoms with Gasteiger partial charge in [-0.1, -0.05) is 12.1 Å². The van der Waals surface area contributed by atoms with E-state index in [9.17, 15) is 4.39 Å². The minimum atomic E-state index is -0.248. The van der Waals surface area contributed by atoms with Gasteiger partial charge in [0.05, 0.1) is 4.47 Å². The summed E-state index contributed by atoms with van der Waals surface area (Å²) in [6.45, 7) is 2.76. The lowest BCUT2D eigenvalue weighted by molar-refractivity contribution is 0.302. The van der Waals surface area contributed by atoms with E-state index in [1.165, 1.54) is 12.1 Å². The van der Waals surface area contributed by atoms with E-state index in [1.807, 2.05) is 25.1 Å². The number of benzene rings is 2. The van der Waals surface area contributed by atoms with Crippen LogP contribution in [0.4, 0.5) is 4.39 Å². The van der Waals surface area contributed by atoms with Gasteiger partial charge in [0.1, 0.15) is 18.2 Å². The number of aryl methyl sites for hydroxylation is 1. The standard InChI is InChI=1S/C15H15BrFNO/c1-10-2-4-13(17)7-12(10)9-19-15-5-3-11(8-18)6-14(15)16/h2-7H,8-9,18H2,1H3. The second kappa shape index (κ2) is 6.17. The zero-order valence-electron chi connectivity index (χ0n) is 10.6. The second-order valence-corrected chi connectivity index (χ2v) is 5.18. The molecule has 100 valence electrons. The van der Waals surface area contributed by atoms with Gasteiger partial charge < -0.3 is 10.5 Å². The molecule has 0 amide bonds. The Morgan fingerprint density at radius 3 is 2.68 bits per heavy atom. The predicted octanol–water partition coefficient (Wildman–Crippen LogP) is 3.93. The number of hydrogen-bond acceptors (Lipinski definition) is 2. The molecule has 0 aliphatic heterocycles. The van der Waals surface area contributed by atoms with E-state index in [1.54, 1.807) is 6.07 Å². The molecule has 0 aliphatic carbocycles. The smallest absolute Gasteiger partial charge is 0.134 e. The SMILES string of the molecule is Cc1ccc(F)cc1COc1ccc(CN)cc1Br. The predicted molar refractivity (Wildman–Crippen MR) is 77.5 cm³/mol. The van der Waals surface area contributed by atoms with E-state index < -0.39 is 0 Å². The Bertz CT molecular complexity index is 586. The van der Waals surface area contributed by atoms with E-state index in [0.29, 0.717) is 13.2 Å². The Morgan fingerprint density at radius 1 is 1.21 bits per heavy atom. The zero-order valence-corrected chi connectivity index (χ0v) is 12.2. The molecule has 0 atom stereocenters. The van der Waals surface area contributed by atoms with Gasteiger partial charge in [-0.25, -0.2) is 4.39 Å². The summed E-state index contributed by atoms with van der Waals surface area (Å²) < 4.78 is 19.7. The molecule has 19 heavy (non-hydrogen) atoms. The average Bonchev–Trinajstić information content (AvgIpc) is 2.40. The molecule has 2 aromatic carbocycles. The summed E-state index contributed by atoms with van der Waals surface area (Å²) in [7, 11) is 0. The molecule has 0 spiro atoms. The third-order valence-electron chi connectivity index (χ3n) is 2.93. The third-order valence-corrected chi connectivity index (χ3v) is 3.55. The van der Waals surface area contributed by atoms with Crippen molar-refractivity contribution in [3.05, 3.63) is 63.4 Å². The van der Waals surface area contributed by atoms with Crippen LogP contribution < -0.4 is 10.5 Å². The quantitative estimate of drug-likeness (QED) is 0.925. The Balaban J connectivity index is 2.12. The molecule has 0 aromatic heterocycles.